The van der Waals surface area contributed by atoms with Gasteiger partial charge in [0.2, 0.25) is 0 Å². The number of ether oxygens (including phenoxy) is 1. The number of nitrogens with one attached hydrogen (secondary N) is 1. The highest BCUT2D eigenvalue weighted by atomic mass is 16.5. The Morgan fingerprint density at radius 1 is 1.33 bits per heavy atom. The Labute approximate surface area is 110 Å². The summed E-state index contributed by atoms with van der Waals surface area (Å²) in [6.45, 7) is 6.91. The summed E-state index contributed by atoms with van der Waals surface area (Å²) < 4.78 is 11.5. The van der Waals surface area contributed by atoms with E-state index in [4.69, 9.17) is 9.15 Å². The summed E-state index contributed by atoms with van der Waals surface area (Å²) in [6.07, 6.45) is 7.18. The molecule has 0 radical (unpaired) electrons. The van der Waals surface area contributed by atoms with Crippen LogP contribution >= 0.6 is 0 Å². The first-order valence-corrected chi connectivity index (χ1v) is 7.17. The molecule has 1 N–H and O–H groups in total. The van der Waals surface area contributed by atoms with Crippen LogP contribution in [0.1, 0.15) is 50.9 Å². The molecule has 1 aliphatic carbocycles. The van der Waals surface area contributed by atoms with Gasteiger partial charge >= 0.3 is 0 Å². The van der Waals surface area contributed by atoms with E-state index in [-0.39, 0.29) is 0 Å². The van der Waals surface area contributed by atoms with Gasteiger partial charge in [-0.15, -0.1) is 0 Å². The highest BCUT2D eigenvalue weighted by Crippen LogP contribution is 2.26. The maximum Gasteiger partial charge on any atom is 0.133 e. The quantitative estimate of drug-likeness (QED) is 0.840. The van der Waals surface area contributed by atoms with Crippen molar-refractivity contribution < 1.29 is 9.15 Å². The summed E-state index contributed by atoms with van der Waals surface area (Å²) in [7, 11) is 0. The molecule has 1 aromatic heterocycles. The van der Waals surface area contributed by atoms with Crippen LogP contribution in [0.5, 0.6) is 0 Å². The largest absolute Gasteiger partial charge is 0.467 e. The van der Waals surface area contributed by atoms with Gasteiger partial charge in [-0.05, 0) is 44.2 Å². The maximum atomic E-state index is 5.97. The van der Waals surface area contributed by atoms with E-state index in [2.05, 4.69) is 19.2 Å². The minimum atomic E-state index is 0.429. The molecule has 18 heavy (non-hydrogen) atoms. The molecular weight excluding hydrogens is 226 g/mol. The molecule has 0 bridgehead atoms. The second-order valence-electron chi connectivity index (χ2n) is 5.34. The Bertz CT molecular complexity index is 340. The molecule has 0 atom stereocenters. The van der Waals surface area contributed by atoms with Crippen molar-refractivity contribution in [2.75, 3.05) is 6.54 Å². The van der Waals surface area contributed by atoms with Crippen molar-refractivity contribution in [3.63, 3.8) is 0 Å². The third kappa shape index (κ3) is 3.85. The van der Waals surface area contributed by atoms with Gasteiger partial charge in [0.05, 0.1) is 12.4 Å². The Morgan fingerprint density at radius 3 is 2.83 bits per heavy atom. The van der Waals surface area contributed by atoms with Crippen molar-refractivity contribution in [1.29, 1.82) is 0 Å². The lowest BCUT2D eigenvalue weighted by atomic mass is 9.89. The van der Waals surface area contributed by atoms with Crippen molar-refractivity contribution in [2.24, 2.45) is 5.92 Å². The van der Waals surface area contributed by atoms with E-state index in [9.17, 15) is 0 Å². The highest BCUT2D eigenvalue weighted by molar-refractivity contribution is 5.16. The van der Waals surface area contributed by atoms with Gasteiger partial charge in [0.15, 0.2) is 0 Å². The molecule has 1 heterocycles. The molecule has 1 fully saturated rings. The van der Waals surface area contributed by atoms with Gasteiger partial charge in [0, 0.05) is 12.1 Å². The average Bonchev–Trinajstić information content (AvgIpc) is 2.83. The Balaban J connectivity index is 1.77. The number of hydrogen-bond acceptors (Lipinski definition) is 3. The summed E-state index contributed by atoms with van der Waals surface area (Å²) in [6, 6.07) is 2.03. The predicted molar refractivity (Wildman–Crippen MR) is 72.3 cm³/mol. The Hall–Kier alpha value is -0.800. The first-order valence-electron chi connectivity index (χ1n) is 7.17. The molecule has 102 valence electrons. The van der Waals surface area contributed by atoms with Crippen molar-refractivity contribution in [3.8, 4) is 0 Å². The zero-order valence-corrected chi connectivity index (χ0v) is 11.6. The number of rotatable bonds is 6. The Morgan fingerprint density at radius 2 is 2.11 bits per heavy atom. The van der Waals surface area contributed by atoms with Crippen molar-refractivity contribution in [1.82, 2.24) is 5.32 Å². The monoisotopic (exact) mass is 251 g/mol. The molecule has 0 aliphatic heterocycles. The second kappa shape index (κ2) is 6.95. The van der Waals surface area contributed by atoms with Gasteiger partial charge in [-0.25, -0.2) is 0 Å². The average molecular weight is 251 g/mol. The molecule has 0 spiro atoms. The fraction of sp³-hybridized carbons (Fsp3) is 0.733. The third-order valence-electron chi connectivity index (χ3n) is 3.82. The summed E-state index contributed by atoms with van der Waals surface area (Å²) in [4.78, 5) is 0. The minimum Gasteiger partial charge on any atom is -0.467 e. The maximum absolute atomic E-state index is 5.97. The summed E-state index contributed by atoms with van der Waals surface area (Å²) in [5.74, 6) is 1.85. The van der Waals surface area contributed by atoms with Gasteiger partial charge in [-0.1, -0.05) is 13.8 Å². The molecule has 0 aromatic carbocycles. The van der Waals surface area contributed by atoms with Gasteiger partial charge < -0.3 is 14.5 Å². The lowest BCUT2D eigenvalue weighted by Crippen LogP contribution is -2.20. The molecule has 1 saturated carbocycles. The van der Waals surface area contributed by atoms with E-state index >= 15 is 0 Å². The molecule has 3 heteroatoms. The molecule has 2 rings (SSSR count). The van der Waals surface area contributed by atoms with E-state index < -0.39 is 0 Å². The van der Waals surface area contributed by atoms with Crippen molar-refractivity contribution >= 4 is 0 Å². The summed E-state index contributed by atoms with van der Waals surface area (Å²) in [5.41, 5.74) is 1.22. The molecule has 0 unspecified atom stereocenters. The molecule has 3 nitrogen and oxygen atoms in total. The molecule has 1 aliphatic rings. The SMILES string of the molecule is CCNCc1ccoc1COC1CCC(C)CC1. The zero-order valence-electron chi connectivity index (χ0n) is 11.6. The normalized spacial score (nSPS) is 24.3. The lowest BCUT2D eigenvalue weighted by Gasteiger charge is -2.26. The zero-order chi connectivity index (χ0) is 12.8. The van der Waals surface area contributed by atoms with Gasteiger partial charge in [0.1, 0.15) is 12.4 Å². The van der Waals surface area contributed by atoms with Crippen molar-refractivity contribution in [3.05, 3.63) is 23.7 Å². The van der Waals surface area contributed by atoms with E-state index in [0.717, 1.165) is 24.8 Å². The van der Waals surface area contributed by atoms with Crippen LogP contribution in [0.4, 0.5) is 0 Å². The predicted octanol–water partition coefficient (Wildman–Crippen LogP) is 3.48. The van der Waals surface area contributed by atoms with Crippen LogP contribution in [-0.2, 0) is 17.9 Å². The summed E-state index contributed by atoms with van der Waals surface area (Å²) >= 11 is 0. The topological polar surface area (TPSA) is 34.4 Å². The molecule has 1 aromatic rings. The van der Waals surface area contributed by atoms with Crippen LogP contribution in [-0.4, -0.2) is 12.6 Å². The van der Waals surface area contributed by atoms with Crippen molar-refractivity contribution in [2.45, 2.75) is 58.8 Å². The number of hydrogen-bond donors (Lipinski definition) is 1. The van der Waals surface area contributed by atoms with E-state index in [1.165, 1.54) is 31.2 Å². The van der Waals surface area contributed by atoms with Crippen LogP contribution in [0.3, 0.4) is 0 Å². The van der Waals surface area contributed by atoms with E-state index in [1.807, 2.05) is 6.07 Å². The first-order chi connectivity index (χ1) is 8.79. The fourth-order valence-corrected chi connectivity index (χ4v) is 2.50. The second-order valence-corrected chi connectivity index (χ2v) is 5.34. The smallest absolute Gasteiger partial charge is 0.133 e. The van der Waals surface area contributed by atoms with Crippen LogP contribution in [0.2, 0.25) is 0 Å². The van der Waals surface area contributed by atoms with Gasteiger partial charge in [0.25, 0.3) is 0 Å². The van der Waals surface area contributed by atoms with Crippen LogP contribution in [0.15, 0.2) is 16.7 Å². The minimum absolute atomic E-state index is 0.429. The van der Waals surface area contributed by atoms with Gasteiger partial charge in [-0.2, -0.15) is 0 Å². The summed E-state index contributed by atoms with van der Waals surface area (Å²) in [5, 5.41) is 3.32. The van der Waals surface area contributed by atoms with Crippen LogP contribution < -0.4 is 5.32 Å². The third-order valence-corrected chi connectivity index (χ3v) is 3.82. The van der Waals surface area contributed by atoms with E-state index in [1.54, 1.807) is 6.26 Å². The fourth-order valence-electron chi connectivity index (χ4n) is 2.50. The van der Waals surface area contributed by atoms with Crippen LogP contribution in [0, 0.1) is 5.92 Å². The standard InChI is InChI=1S/C15H25NO2/c1-3-16-10-13-8-9-17-15(13)11-18-14-6-4-12(2)5-7-14/h8-9,12,14,16H,3-7,10-11H2,1-2H3. The number of furan rings is 1. The van der Waals surface area contributed by atoms with Crippen LogP contribution in [0.25, 0.3) is 0 Å². The first kappa shape index (κ1) is 13.6. The van der Waals surface area contributed by atoms with Gasteiger partial charge in [-0.3, -0.25) is 0 Å². The highest BCUT2D eigenvalue weighted by Gasteiger charge is 2.19. The van der Waals surface area contributed by atoms with E-state index in [0.29, 0.717) is 12.7 Å². The molecular formula is C15H25NO2. The lowest BCUT2D eigenvalue weighted by molar-refractivity contribution is 0.000848. The molecule has 0 amide bonds. The Kier molecular flexibility index (Phi) is 5.26. The molecule has 0 saturated heterocycles.